The molecule has 0 radical (unpaired) electrons. The zero-order valence-corrected chi connectivity index (χ0v) is 28.7. The summed E-state index contributed by atoms with van der Waals surface area (Å²) in [5.74, 6) is 2.23. The Hall–Kier alpha value is -4.47. The number of hydrogen-bond acceptors (Lipinski definition) is 3. The van der Waals surface area contributed by atoms with E-state index in [2.05, 4.69) is 56.1 Å². The van der Waals surface area contributed by atoms with Crippen molar-refractivity contribution in [3.05, 3.63) is 131 Å². The summed E-state index contributed by atoms with van der Waals surface area (Å²) >= 11 is 0. The molecule has 5 nitrogen and oxygen atoms in total. The Morgan fingerprint density at radius 1 is 0.848 bits per heavy atom. The fourth-order valence-electron chi connectivity index (χ4n) is 6.23. The molecule has 0 aliphatic heterocycles. The monoisotopic (exact) mass is 786 g/mol. The maximum absolute atomic E-state index is 8.00. The molecule has 0 saturated carbocycles. The van der Waals surface area contributed by atoms with Gasteiger partial charge < -0.3 is 9.30 Å². The van der Waals surface area contributed by atoms with E-state index >= 15 is 0 Å². The number of pyridine rings is 1. The maximum atomic E-state index is 8.00. The van der Waals surface area contributed by atoms with Crippen LogP contribution in [-0.2, 0) is 27.5 Å². The van der Waals surface area contributed by atoms with Crippen LogP contribution in [0, 0.1) is 45.7 Å². The molecular formula is C40H36N4OPt. The van der Waals surface area contributed by atoms with Gasteiger partial charge in [-0.25, -0.2) is 4.98 Å². The molecule has 6 heteroatoms. The first-order valence-corrected chi connectivity index (χ1v) is 15.3. The summed E-state index contributed by atoms with van der Waals surface area (Å²) in [5, 5.41) is 6.62. The van der Waals surface area contributed by atoms with Crippen LogP contribution in [0.15, 0.2) is 91.1 Å². The Balaban J connectivity index is 0.00000417. The number of aromatic nitrogens is 4. The maximum Gasteiger partial charge on any atom is 2.00 e. The predicted molar refractivity (Wildman–Crippen MR) is 183 cm³/mol. The Bertz CT molecular complexity index is 2310. The third-order valence-corrected chi connectivity index (χ3v) is 8.12. The van der Waals surface area contributed by atoms with Gasteiger partial charge in [0.05, 0.1) is 5.69 Å². The molecule has 3 heterocycles. The number of aryl methyl sites for hydroxylation is 3. The molecule has 0 saturated heterocycles. The Morgan fingerprint density at radius 2 is 1.67 bits per heavy atom. The van der Waals surface area contributed by atoms with E-state index in [1.165, 1.54) is 0 Å². The molecule has 0 unspecified atom stereocenters. The number of nitrogens with zero attached hydrogens (tertiary/aromatic N) is 4. The zero-order valence-electron chi connectivity index (χ0n) is 29.5. The van der Waals surface area contributed by atoms with Crippen molar-refractivity contribution in [3.63, 3.8) is 0 Å². The molecule has 0 aliphatic carbocycles. The first kappa shape index (κ1) is 27.8. The van der Waals surface area contributed by atoms with Crippen LogP contribution in [-0.4, -0.2) is 19.3 Å². The van der Waals surface area contributed by atoms with Gasteiger partial charge in [-0.15, -0.1) is 35.7 Å². The third kappa shape index (κ3) is 5.92. The SMILES string of the molecule is [2H]C([2H])([2H])c1ccc2c(c1)c1ccc(Oc3[c-]c(-n4nc(C)c(-c5ccccc5)c4C)cc(CC(C)C)c3)[c-]c1n2-c1cc(C)ccn1.[Pt+2]. The van der Waals surface area contributed by atoms with Crippen LogP contribution >= 0.6 is 0 Å². The van der Waals surface area contributed by atoms with Crippen molar-refractivity contribution in [3.8, 4) is 34.1 Å². The number of rotatable bonds is 7. The topological polar surface area (TPSA) is 44.9 Å². The average molecular weight is 787 g/mol. The minimum absolute atomic E-state index is 0. The van der Waals surface area contributed by atoms with Gasteiger partial charge in [0, 0.05) is 38.6 Å². The van der Waals surface area contributed by atoms with E-state index in [1.54, 1.807) is 18.3 Å². The van der Waals surface area contributed by atoms with Crippen molar-refractivity contribution >= 4 is 21.8 Å². The molecular weight excluding hydrogens is 748 g/mol. The Morgan fingerprint density at radius 3 is 2.43 bits per heavy atom. The molecule has 46 heavy (non-hydrogen) atoms. The molecule has 3 aromatic heterocycles. The van der Waals surface area contributed by atoms with Crippen molar-refractivity contribution in [1.82, 2.24) is 19.3 Å². The van der Waals surface area contributed by atoms with Gasteiger partial charge in [-0.05, 0) is 80.4 Å². The van der Waals surface area contributed by atoms with Gasteiger partial charge in [0.2, 0.25) is 0 Å². The summed E-state index contributed by atoms with van der Waals surface area (Å²) in [6.45, 7) is 8.32. The molecule has 0 spiro atoms. The van der Waals surface area contributed by atoms with Crippen LogP contribution in [0.4, 0.5) is 0 Å². The molecule has 0 atom stereocenters. The molecule has 7 rings (SSSR count). The Kier molecular flexibility index (Phi) is 7.70. The van der Waals surface area contributed by atoms with Gasteiger partial charge in [0.1, 0.15) is 5.82 Å². The molecule has 0 bridgehead atoms. The summed E-state index contributed by atoms with van der Waals surface area (Å²) in [5.41, 5.74) is 9.08. The normalized spacial score (nSPS) is 12.6. The van der Waals surface area contributed by atoms with Gasteiger partial charge in [-0.1, -0.05) is 67.4 Å². The van der Waals surface area contributed by atoms with E-state index < -0.39 is 6.85 Å². The van der Waals surface area contributed by atoms with E-state index in [0.717, 1.165) is 73.4 Å². The van der Waals surface area contributed by atoms with E-state index in [4.69, 9.17) is 13.9 Å². The second-order valence-corrected chi connectivity index (χ2v) is 12.1. The molecule has 7 aromatic rings. The van der Waals surface area contributed by atoms with Crippen LogP contribution in [0.5, 0.6) is 11.5 Å². The van der Waals surface area contributed by atoms with Crippen molar-refractivity contribution < 1.29 is 29.9 Å². The fraction of sp³-hybridized carbons (Fsp3) is 0.200. The van der Waals surface area contributed by atoms with E-state index in [9.17, 15) is 0 Å². The first-order chi connectivity index (χ1) is 23.0. The van der Waals surface area contributed by atoms with Crippen LogP contribution in [0.2, 0.25) is 0 Å². The molecule has 4 aromatic carbocycles. The number of fused-ring (bicyclic) bond motifs is 3. The van der Waals surface area contributed by atoms with Crippen LogP contribution in [0.25, 0.3) is 44.4 Å². The predicted octanol–water partition coefficient (Wildman–Crippen LogP) is 9.85. The van der Waals surface area contributed by atoms with Crippen LogP contribution in [0.3, 0.4) is 0 Å². The van der Waals surface area contributed by atoms with Crippen LogP contribution < -0.4 is 4.74 Å². The largest absolute Gasteiger partial charge is 2.00 e. The second-order valence-electron chi connectivity index (χ2n) is 12.1. The van der Waals surface area contributed by atoms with Crippen molar-refractivity contribution in [2.24, 2.45) is 5.92 Å². The average Bonchev–Trinajstić information content (AvgIpc) is 3.52. The number of ether oxygens (including phenoxy) is 1. The van der Waals surface area contributed by atoms with Crippen molar-refractivity contribution in [2.75, 3.05) is 0 Å². The molecule has 0 N–H and O–H groups in total. The molecule has 0 fully saturated rings. The fourth-order valence-corrected chi connectivity index (χ4v) is 6.23. The first-order valence-electron chi connectivity index (χ1n) is 16.8. The van der Waals surface area contributed by atoms with Crippen LogP contribution in [0.1, 0.15) is 46.0 Å². The number of benzene rings is 4. The zero-order chi connectivity index (χ0) is 33.7. The summed E-state index contributed by atoms with van der Waals surface area (Å²) in [6, 6.07) is 34.5. The van der Waals surface area contributed by atoms with Gasteiger partial charge in [-0.2, -0.15) is 16.7 Å². The Labute approximate surface area is 289 Å². The van der Waals surface area contributed by atoms with Crippen molar-refractivity contribution in [1.29, 1.82) is 0 Å². The molecule has 232 valence electrons. The molecule has 0 amide bonds. The smallest absolute Gasteiger partial charge is 0.509 e. The van der Waals surface area contributed by atoms with Gasteiger partial charge in [0.15, 0.2) is 0 Å². The second kappa shape index (κ2) is 12.7. The quantitative estimate of drug-likeness (QED) is 0.151. The minimum atomic E-state index is -2.22. The summed E-state index contributed by atoms with van der Waals surface area (Å²) in [4.78, 5) is 4.67. The van der Waals surface area contributed by atoms with Gasteiger partial charge in [0.25, 0.3) is 0 Å². The summed E-state index contributed by atoms with van der Waals surface area (Å²) < 4.78 is 34.5. The van der Waals surface area contributed by atoms with Crippen molar-refractivity contribution in [2.45, 2.75) is 47.9 Å². The van der Waals surface area contributed by atoms with E-state index in [0.29, 0.717) is 17.4 Å². The summed E-state index contributed by atoms with van der Waals surface area (Å²) in [6.07, 6.45) is 2.64. The van der Waals surface area contributed by atoms with Gasteiger partial charge in [-0.3, -0.25) is 4.68 Å². The number of hydrogen-bond donors (Lipinski definition) is 0. The third-order valence-electron chi connectivity index (χ3n) is 8.12. The van der Waals surface area contributed by atoms with E-state index in [-0.39, 0.29) is 26.6 Å². The van der Waals surface area contributed by atoms with Gasteiger partial charge >= 0.3 is 21.1 Å². The van der Waals surface area contributed by atoms with E-state index in [1.807, 2.05) is 77.7 Å². The molecule has 0 aliphatic rings. The standard InChI is InChI=1S/C40H36N4O.Pt/c1-25(2)18-30-21-32(44-29(6)40(28(5)42-44)31-10-8-7-9-11-31)23-34(22-30)45-33-13-14-35-36-19-26(3)12-15-37(36)43(38(35)24-33)39-20-27(4)16-17-41-39;/h7-17,19-22,25H,18H2,1-6H3;/q-2;+2/i3D3;. The summed E-state index contributed by atoms with van der Waals surface area (Å²) in [7, 11) is 0. The minimum Gasteiger partial charge on any atom is -0.509 e.